The molecule has 1 aliphatic rings. The lowest BCUT2D eigenvalue weighted by molar-refractivity contribution is -0.114. The molecule has 0 bridgehead atoms. The smallest absolute Gasteiger partial charge is 0.245 e. The summed E-state index contributed by atoms with van der Waals surface area (Å²) in [7, 11) is 0. The Hall–Kier alpha value is -3.05. The molecule has 2 N–H and O–H groups in total. The van der Waals surface area contributed by atoms with Gasteiger partial charge >= 0.3 is 0 Å². The van der Waals surface area contributed by atoms with Crippen molar-refractivity contribution in [1.82, 2.24) is 4.90 Å². The number of carbonyl (C=O) groups excluding carboxylic acids is 1. The van der Waals surface area contributed by atoms with Crippen molar-refractivity contribution in [2.45, 2.75) is 13.1 Å². The molecule has 0 unspecified atom stereocenters. The third kappa shape index (κ3) is 3.11. The number of rotatable bonds is 4. The van der Waals surface area contributed by atoms with Crippen molar-refractivity contribution in [2.24, 2.45) is 5.73 Å². The van der Waals surface area contributed by atoms with E-state index in [0.717, 1.165) is 21.9 Å². The number of hydrogen-bond donors (Lipinski definition) is 1. The molecule has 0 radical (unpaired) electrons. The van der Waals surface area contributed by atoms with Gasteiger partial charge in [-0.15, -0.1) is 0 Å². The number of amides is 1. The molecule has 136 valence electrons. The van der Waals surface area contributed by atoms with Crippen LogP contribution in [0, 0.1) is 11.6 Å². The highest BCUT2D eigenvalue weighted by Crippen LogP contribution is 2.34. The zero-order valence-corrected chi connectivity index (χ0v) is 14.6. The van der Waals surface area contributed by atoms with Crippen LogP contribution in [0.2, 0.25) is 0 Å². The first-order chi connectivity index (χ1) is 12.9. The van der Waals surface area contributed by atoms with Crippen LogP contribution in [-0.2, 0) is 17.9 Å². The zero-order chi connectivity index (χ0) is 19.1. The van der Waals surface area contributed by atoms with Crippen LogP contribution < -0.4 is 5.73 Å². The Bertz CT molecular complexity index is 1070. The number of hydrogen-bond acceptors (Lipinski definition) is 2. The maximum absolute atomic E-state index is 14.2. The average Bonchev–Trinajstić information content (AvgIpc) is 3.04. The minimum Gasteiger partial charge on any atom is -0.366 e. The highest BCUT2D eigenvalue weighted by Gasteiger charge is 2.23. The molecule has 0 aromatic heterocycles. The molecule has 5 heteroatoms. The second-order valence-corrected chi connectivity index (χ2v) is 6.85. The molecule has 0 atom stereocenters. The lowest BCUT2D eigenvalue weighted by Crippen LogP contribution is -2.25. The topological polar surface area (TPSA) is 46.3 Å². The van der Waals surface area contributed by atoms with Crippen molar-refractivity contribution in [2.75, 3.05) is 6.54 Å². The average molecular weight is 364 g/mol. The number of benzene rings is 3. The van der Waals surface area contributed by atoms with Crippen LogP contribution in [0.4, 0.5) is 8.78 Å². The third-order valence-corrected chi connectivity index (χ3v) is 5.02. The summed E-state index contributed by atoms with van der Waals surface area (Å²) in [6.07, 6.45) is 0. The predicted molar refractivity (Wildman–Crippen MR) is 102 cm³/mol. The Labute approximate surface area is 155 Å². The summed E-state index contributed by atoms with van der Waals surface area (Å²) in [6.45, 7) is 5.42. The minimum atomic E-state index is -0.582. The van der Waals surface area contributed by atoms with Gasteiger partial charge in [-0.05, 0) is 45.7 Å². The fourth-order valence-electron chi connectivity index (χ4n) is 3.67. The molecular formula is C22H18F2N2O. The first kappa shape index (κ1) is 17.4. The van der Waals surface area contributed by atoms with Crippen LogP contribution >= 0.6 is 0 Å². The molecule has 0 saturated carbocycles. The molecule has 0 spiro atoms. The third-order valence-electron chi connectivity index (χ3n) is 5.02. The SMILES string of the molecule is C=C(CN1Cc2ccc3ccc(-c4c(F)cccc4F)cc3c2C1)C(N)=O. The Morgan fingerprint density at radius 3 is 2.48 bits per heavy atom. The summed E-state index contributed by atoms with van der Waals surface area (Å²) in [5.41, 5.74) is 8.37. The van der Waals surface area contributed by atoms with Crippen molar-refractivity contribution < 1.29 is 13.6 Å². The molecule has 3 aromatic rings. The number of halogens is 2. The van der Waals surface area contributed by atoms with Gasteiger partial charge in [0, 0.05) is 25.2 Å². The zero-order valence-electron chi connectivity index (χ0n) is 14.6. The Balaban J connectivity index is 1.76. The summed E-state index contributed by atoms with van der Waals surface area (Å²) in [5.74, 6) is -1.67. The van der Waals surface area contributed by atoms with Gasteiger partial charge in [-0.2, -0.15) is 0 Å². The van der Waals surface area contributed by atoms with Gasteiger partial charge in [0.15, 0.2) is 0 Å². The number of nitrogens with zero attached hydrogens (tertiary/aromatic N) is 1. The number of primary amides is 1. The molecule has 0 aliphatic carbocycles. The van der Waals surface area contributed by atoms with E-state index in [9.17, 15) is 13.6 Å². The highest BCUT2D eigenvalue weighted by atomic mass is 19.1. The van der Waals surface area contributed by atoms with Crippen molar-refractivity contribution in [3.8, 4) is 11.1 Å². The van der Waals surface area contributed by atoms with E-state index < -0.39 is 17.5 Å². The number of nitrogens with two attached hydrogens (primary N) is 1. The first-order valence-electron chi connectivity index (χ1n) is 8.63. The Kier molecular flexibility index (Phi) is 4.24. The van der Waals surface area contributed by atoms with Crippen LogP contribution in [0.3, 0.4) is 0 Å². The fourth-order valence-corrected chi connectivity index (χ4v) is 3.67. The van der Waals surface area contributed by atoms with Crippen molar-refractivity contribution in [3.05, 3.63) is 83.4 Å². The molecule has 1 heterocycles. The molecule has 3 nitrogen and oxygen atoms in total. The van der Waals surface area contributed by atoms with Gasteiger partial charge in [0.25, 0.3) is 0 Å². The number of carbonyl (C=O) groups is 1. The summed E-state index contributed by atoms with van der Waals surface area (Å²) < 4.78 is 28.4. The molecule has 0 saturated heterocycles. The van der Waals surface area contributed by atoms with Gasteiger partial charge < -0.3 is 5.73 Å². The maximum atomic E-state index is 14.2. The van der Waals surface area contributed by atoms with E-state index >= 15 is 0 Å². The maximum Gasteiger partial charge on any atom is 0.245 e. The van der Waals surface area contributed by atoms with Crippen LogP contribution in [-0.4, -0.2) is 17.4 Å². The lowest BCUT2D eigenvalue weighted by atomic mass is 9.96. The quantitative estimate of drug-likeness (QED) is 0.707. The van der Waals surface area contributed by atoms with Gasteiger partial charge in [-0.3, -0.25) is 9.69 Å². The van der Waals surface area contributed by atoms with E-state index in [-0.39, 0.29) is 5.56 Å². The second-order valence-electron chi connectivity index (χ2n) is 6.85. The number of fused-ring (bicyclic) bond motifs is 3. The largest absolute Gasteiger partial charge is 0.366 e. The fraction of sp³-hybridized carbons (Fsp3) is 0.136. The van der Waals surface area contributed by atoms with Gasteiger partial charge in [0.2, 0.25) is 5.91 Å². The molecule has 0 fully saturated rings. The van der Waals surface area contributed by atoms with Crippen LogP contribution in [0.25, 0.3) is 21.9 Å². The molecule has 4 rings (SSSR count). The first-order valence-corrected chi connectivity index (χ1v) is 8.63. The molecule has 3 aromatic carbocycles. The normalized spacial score (nSPS) is 13.7. The summed E-state index contributed by atoms with van der Waals surface area (Å²) >= 11 is 0. The molecular weight excluding hydrogens is 346 g/mol. The Morgan fingerprint density at radius 2 is 1.78 bits per heavy atom. The summed E-state index contributed by atoms with van der Waals surface area (Å²) in [6, 6.07) is 13.4. The van der Waals surface area contributed by atoms with Crippen molar-refractivity contribution in [1.29, 1.82) is 0 Å². The van der Waals surface area contributed by atoms with E-state index in [1.807, 2.05) is 24.3 Å². The lowest BCUT2D eigenvalue weighted by Gasteiger charge is -2.14. The molecule has 27 heavy (non-hydrogen) atoms. The summed E-state index contributed by atoms with van der Waals surface area (Å²) in [4.78, 5) is 13.3. The van der Waals surface area contributed by atoms with Gasteiger partial charge in [0.1, 0.15) is 11.6 Å². The van der Waals surface area contributed by atoms with Gasteiger partial charge in [0.05, 0.1) is 5.56 Å². The highest BCUT2D eigenvalue weighted by molar-refractivity contribution is 5.92. The van der Waals surface area contributed by atoms with Crippen LogP contribution in [0.15, 0.2) is 60.7 Å². The van der Waals surface area contributed by atoms with Crippen molar-refractivity contribution >= 4 is 16.7 Å². The second kappa shape index (κ2) is 6.59. The van der Waals surface area contributed by atoms with E-state index in [2.05, 4.69) is 11.5 Å². The van der Waals surface area contributed by atoms with E-state index in [4.69, 9.17) is 5.73 Å². The molecule has 1 aliphatic heterocycles. The van der Waals surface area contributed by atoms with Gasteiger partial charge in [-0.1, -0.05) is 36.9 Å². The Morgan fingerprint density at radius 1 is 1.07 bits per heavy atom. The standard InChI is InChI=1S/C22H18F2N2O/c1-13(22(25)27)10-26-11-16-8-6-14-5-7-15(9-17(14)18(16)12-26)21-19(23)3-2-4-20(21)24/h2-9H,1,10-12H2,(H2,25,27). The van der Waals surface area contributed by atoms with Crippen molar-refractivity contribution in [3.63, 3.8) is 0 Å². The van der Waals surface area contributed by atoms with E-state index in [1.54, 1.807) is 6.07 Å². The minimum absolute atomic E-state index is 0.0195. The predicted octanol–water partition coefficient (Wildman–Crippen LogP) is 4.14. The van der Waals surface area contributed by atoms with E-state index in [0.29, 0.717) is 30.8 Å². The van der Waals surface area contributed by atoms with Crippen LogP contribution in [0.1, 0.15) is 11.1 Å². The molecule has 1 amide bonds. The van der Waals surface area contributed by atoms with E-state index in [1.165, 1.54) is 18.2 Å². The summed E-state index contributed by atoms with van der Waals surface area (Å²) in [5, 5.41) is 1.96. The monoisotopic (exact) mass is 364 g/mol. The van der Waals surface area contributed by atoms with Crippen LogP contribution in [0.5, 0.6) is 0 Å². The van der Waals surface area contributed by atoms with Gasteiger partial charge in [-0.25, -0.2) is 8.78 Å².